The van der Waals surface area contributed by atoms with Crippen molar-refractivity contribution in [2.24, 2.45) is 0 Å². The number of nitrogens with one attached hydrogen (secondary N) is 2. The molecule has 2 N–H and O–H groups in total. The summed E-state index contributed by atoms with van der Waals surface area (Å²) in [4.78, 5) is 16.1. The first-order valence-corrected chi connectivity index (χ1v) is 8.83. The maximum absolute atomic E-state index is 12.3. The van der Waals surface area contributed by atoms with Gasteiger partial charge >= 0.3 is 0 Å². The highest BCUT2D eigenvalue weighted by molar-refractivity contribution is 6.30. The standard InChI is InChI=1S/C19H22ClN3O2/c1-22-10-12-23(13-11-22)18-5-3-2-4-17(18)21-19(24)14-25-16-8-6-15(20)7-9-16/h2-9H,10-14H2,1H3,(H,21,24)/p+1. The van der Waals surface area contributed by atoms with Crippen LogP contribution in [0.4, 0.5) is 11.4 Å². The average molecular weight is 361 g/mol. The van der Waals surface area contributed by atoms with E-state index in [4.69, 9.17) is 16.3 Å². The number of benzene rings is 2. The van der Waals surface area contributed by atoms with Crippen molar-refractivity contribution in [3.05, 3.63) is 53.6 Å². The molecule has 2 aromatic carbocycles. The van der Waals surface area contributed by atoms with Crippen LogP contribution in [0.5, 0.6) is 5.75 Å². The summed E-state index contributed by atoms with van der Waals surface area (Å²) in [5, 5.41) is 3.60. The van der Waals surface area contributed by atoms with Gasteiger partial charge in [0.15, 0.2) is 6.61 Å². The summed E-state index contributed by atoms with van der Waals surface area (Å²) in [6.07, 6.45) is 0. The number of piperazine rings is 1. The highest BCUT2D eigenvalue weighted by atomic mass is 35.5. The fourth-order valence-corrected chi connectivity index (χ4v) is 2.98. The van der Waals surface area contributed by atoms with Crippen LogP contribution in [0, 0.1) is 0 Å². The lowest BCUT2D eigenvalue weighted by Crippen LogP contribution is -3.12. The van der Waals surface area contributed by atoms with Crippen LogP contribution in [-0.4, -0.2) is 45.7 Å². The first-order chi connectivity index (χ1) is 12.1. The zero-order chi connectivity index (χ0) is 17.6. The first kappa shape index (κ1) is 17.6. The minimum Gasteiger partial charge on any atom is -0.484 e. The number of carbonyl (C=O) groups is 1. The van der Waals surface area contributed by atoms with Gasteiger partial charge in [-0.25, -0.2) is 0 Å². The number of amides is 1. The van der Waals surface area contributed by atoms with Gasteiger partial charge < -0.3 is 19.9 Å². The maximum Gasteiger partial charge on any atom is 0.262 e. The SMILES string of the molecule is C[NH+]1CCN(c2ccccc2NC(=O)COc2ccc(Cl)cc2)CC1. The molecule has 132 valence electrons. The molecule has 0 aliphatic carbocycles. The number of anilines is 2. The molecule has 0 atom stereocenters. The Labute approximate surface area is 153 Å². The molecule has 0 bridgehead atoms. The predicted molar refractivity (Wildman–Crippen MR) is 101 cm³/mol. The summed E-state index contributed by atoms with van der Waals surface area (Å²) < 4.78 is 5.51. The van der Waals surface area contributed by atoms with Gasteiger partial charge in [0.1, 0.15) is 5.75 Å². The number of carbonyl (C=O) groups excluding carboxylic acids is 1. The Hall–Kier alpha value is -2.24. The zero-order valence-electron chi connectivity index (χ0n) is 14.3. The summed E-state index contributed by atoms with van der Waals surface area (Å²) in [6.45, 7) is 4.13. The molecule has 6 heteroatoms. The topological polar surface area (TPSA) is 46.0 Å². The molecular weight excluding hydrogens is 338 g/mol. The van der Waals surface area contributed by atoms with Gasteiger partial charge in [0.2, 0.25) is 0 Å². The Morgan fingerprint density at radius 3 is 2.56 bits per heavy atom. The third-order valence-corrected chi connectivity index (χ3v) is 4.57. The van der Waals surface area contributed by atoms with E-state index in [0.717, 1.165) is 37.6 Å². The van der Waals surface area contributed by atoms with Crippen LogP contribution in [0.1, 0.15) is 0 Å². The van der Waals surface area contributed by atoms with E-state index < -0.39 is 0 Å². The number of halogens is 1. The minimum absolute atomic E-state index is 0.0388. The fraction of sp³-hybridized carbons (Fsp3) is 0.316. The quantitative estimate of drug-likeness (QED) is 0.853. The molecule has 0 radical (unpaired) electrons. The molecule has 1 amide bonds. The Balaban J connectivity index is 1.60. The van der Waals surface area contributed by atoms with E-state index in [0.29, 0.717) is 10.8 Å². The molecule has 1 fully saturated rings. The third-order valence-electron chi connectivity index (χ3n) is 4.32. The van der Waals surface area contributed by atoms with Crippen molar-refractivity contribution in [1.29, 1.82) is 0 Å². The summed E-state index contributed by atoms with van der Waals surface area (Å²) in [6, 6.07) is 14.9. The van der Waals surface area contributed by atoms with Crippen molar-refractivity contribution in [3.63, 3.8) is 0 Å². The second-order valence-corrected chi connectivity index (χ2v) is 6.69. The lowest BCUT2D eigenvalue weighted by atomic mass is 10.2. The van der Waals surface area contributed by atoms with Gasteiger partial charge in [-0.15, -0.1) is 0 Å². The number of nitrogens with zero attached hydrogens (tertiary/aromatic N) is 1. The molecule has 1 aliphatic heterocycles. The van der Waals surface area contributed by atoms with Crippen molar-refractivity contribution in [3.8, 4) is 5.75 Å². The molecule has 5 nitrogen and oxygen atoms in total. The minimum atomic E-state index is -0.179. The highest BCUT2D eigenvalue weighted by Crippen LogP contribution is 2.25. The molecule has 0 unspecified atom stereocenters. The van der Waals surface area contributed by atoms with Crippen LogP contribution in [0.25, 0.3) is 0 Å². The maximum atomic E-state index is 12.3. The molecule has 1 heterocycles. The molecule has 0 saturated carbocycles. The van der Waals surface area contributed by atoms with E-state index in [9.17, 15) is 4.79 Å². The largest absolute Gasteiger partial charge is 0.484 e. The highest BCUT2D eigenvalue weighted by Gasteiger charge is 2.19. The monoisotopic (exact) mass is 360 g/mol. The van der Waals surface area contributed by atoms with Crippen LogP contribution in [0.3, 0.4) is 0 Å². The number of hydrogen-bond acceptors (Lipinski definition) is 3. The number of rotatable bonds is 5. The molecular formula is C19H23ClN3O2+. The third kappa shape index (κ3) is 4.87. The summed E-state index contributed by atoms with van der Waals surface area (Å²) in [5.41, 5.74) is 1.89. The summed E-state index contributed by atoms with van der Waals surface area (Å²) in [5.74, 6) is 0.442. The van der Waals surface area contributed by atoms with Crippen molar-refractivity contribution in [2.45, 2.75) is 0 Å². The van der Waals surface area contributed by atoms with Gasteiger partial charge in [-0.1, -0.05) is 23.7 Å². The van der Waals surface area contributed by atoms with Crippen LogP contribution in [0.2, 0.25) is 5.02 Å². The molecule has 0 spiro atoms. The van der Waals surface area contributed by atoms with E-state index >= 15 is 0 Å². The summed E-state index contributed by atoms with van der Waals surface area (Å²) in [7, 11) is 2.21. The van der Waals surface area contributed by atoms with E-state index in [-0.39, 0.29) is 12.5 Å². The Bertz CT molecular complexity index is 713. The number of ether oxygens (including phenoxy) is 1. The second kappa shape index (κ2) is 8.23. The number of quaternary nitrogens is 1. The van der Waals surface area contributed by atoms with Gasteiger partial charge in [-0.3, -0.25) is 4.79 Å². The fourth-order valence-electron chi connectivity index (χ4n) is 2.85. The van der Waals surface area contributed by atoms with E-state index in [1.165, 1.54) is 4.90 Å². The Morgan fingerprint density at radius 2 is 1.84 bits per heavy atom. The lowest BCUT2D eigenvalue weighted by molar-refractivity contribution is -0.880. The second-order valence-electron chi connectivity index (χ2n) is 6.25. The van der Waals surface area contributed by atoms with Crippen molar-refractivity contribution >= 4 is 28.9 Å². The van der Waals surface area contributed by atoms with Crippen molar-refractivity contribution in [1.82, 2.24) is 0 Å². The van der Waals surface area contributed by atoms with Crippen LogP contribution < -0.4 is 19.9 Å². The van der Waals surface area contributed by atoms with E-state index in [1.807, 2.05) is 18.2 Å². The predicted octanol–water partition coefficient (Wildman–Crippen LogP) is 1.69. The van der Waals surface area contributed by atoms with Crippen LogP contribution in [0.15, 0.2) is 48.5 Å². The normalized spacial score (nSPS) is 15.0. The van der Waals surface area contributed by atoms with Gasteiger partial charge in [-0.2, -0.15) is 0 Å². The smallest absolute Gasteiger partial charge is 0.262 e. The molecule has 3 rings (SSSR count). The van der Waals surface area contributed by atoms with Gasteiger partial charge in [-0.05, 0) is 36.4 Å². The molecule has 1 saturated heterocycles. The van der Waals surface area contributed by atoms with Gasteiger partial charge in [0, 0.05) is 5.02 Å². The van der Waals surface area contributed by atoms with Crippen LogP contribution >= 0.6 is 11.6 Å². The molecule has 0 aromatic heterocycles. The number of para-hydroxylation sites is 2. The number of likely N-dealkylation sites (N-methyl/N-ethyl adjacent to an activating group) is 1. The molecule has 25 heavy (non-hydrogen) atoms. The zero-order valence-corrected chi connectivity index (χ0v) is 15.1. The average Bonchev–Trinajstić information content (AvgIpc) is 2.63. The Morgan fingerprint density at radius 1 is 1.16 bits per heavy atom. The molecule has 2 aromatic rings. The van der Waals surface area contributed by atoms with Gasteiger partial charge in [0.05, 0.1) is 44.6 Å². The van der Waals surface area contributed by atoms with Gasteiger partial charge in [0.25, 0.3) is 5.91 Å². The summed E-state index contributed by atoms with van der Waals surface area (Å²) >= 11 is 5.84. The van der Waals surface area contributed by atoms with E-state index in [2.05, 4.69) is 23.3 Å². The van der Waals surface area contributed by atoms with Crippen LogP contribution in [-0.2, 0) is 4.79 Å². The van der Waals surface area contributed by atoms with Crippen molar-refractivity contribution < 1.29 is 14.4 Å². The lowest BCUT2D eigenvalue weighted by Gasteiger charge is -2.33. The van der Waals surface area contributed by atoms with Crippen molar-refractivity contribution in [2.75, 3.05) is 50.1 Å². The van der Waals surface area contributed by atoms with E-state index in [1.54, 1.807) is 24.3 Å². The first-order valence-electron chi connectivity index (χ1n) is 8.45. The Kier molecular flexibility index (Phi) is 5.79. The molecule has 1 aliphatic rings. The number of hydrogen-bond donors (Lipinski definition) is 2.